The lowest BCUT2D eigenvalue weighted by atomic mass is 9.96. The number of pyridine rings is 6. The largest absolute Gasteiger partial charge is 0.451 e. The fourth-order valence-electron chi connectivity index (χ4n) is 15.7. The fourth-order valence-corrected chi connectivity index (χ4v) is 15.7. The first-order valence-electron chi connectivity index (χ1n) is 33.8. The maximum Gasteiger partial charge on any atom is 0.163 e. The third-order valence-corrected chi connectivity index (χ3v) is 20.3. The molecule has 0 saturated carbocycles. The standard InChI is InChI=1S/C90H54N10O/c1-5-19-63(20-6-1)97-79-31-27-57(45-69(79)73-51-91-39-35-83(73)97)55-15-13-17-61(43-55)77-49-67(59-29-33-81-71(47-59)75-53-93-41-37-85(75)99(81)65-23-9-3-10-24-65)89-87(95-77)88-90(101-89)68(60-30-34-82-72(48-60)76-54-94-42-38-86(76)100(82)66-25-11-4-12-26-66)50-78(96-88)62-18-14-16-56(44-62)58-28-32-80-70(46-58)74-52-92-40-36-84(74)98(80)64-21-7-2-8-22-64/h1-54H. The van der Waals surface area contributed by atoms with Crippen molar-refractivity contribution in [1.82, 2.24) is 48.2 Å². The van der Waals surface area contributed by atoms with E-state index in [0.717, 1.165) is 177 Å². The topological polar surface area (TPSA) is 110 Å². The molecule has 0 aliphatic heterocycles. The van der Waals surface area contributed by atoms with Gasteiger partial charge in [0.25, 0.3) is 0 Å². The van der Waals surface area contributed by atoms with Gasteiger partial charge in [-0.2, -0.15) is 0 Å². The summed E-state index contributed by atoms with van der Waals surface area (Å²) < 4.78 is 16.9. The summed E-state index contributed by atoms with van der Waals surface area (Å²) >= 11 is 0. The number of hydrogen-bond acceptors (Lipinski definition) is 7. The Morgan fingerprint density at radius 1 is 0.218 bits per heavy atom. The van der Waals surface area contributed by atoms with E-state index >= 15 is 0 Å². The average molecular weight is 1290 g/mol. The van der Waals surface area contributed by atoms with E-state index in [2.05, 4.69) is 307 Å². The van der Waals surface area contributed by atoms with Crippen LogP contribution in [0.5, 0.6) is 0 Å². The molecule has 470 valence electrons. The summed E-state index contributed by atoms with van der Waals surface area (Å²) in [6.07, 6.45) is 15.4. The van der Waals surface area contributed by atoms with Crippen molar-refractivity contribution < 1.29 is 4.42 Å². The minimum Gasteiger partial charge on any atom is -0.451 e. The quantitative estimate of drug-likeness (QED) is 0.134. The zero-order valence-corrected chi connectivity index (χ0v) is 54.1. The first-order valence-corrected chi connectivity index (χ1v) is 33.8. The molecule has 0 unspecified atom stereocenters. The van der Waals surface area contributed by atoms with E-state index in [0.29, 0.717) is 22.2 Å². The highest BCUT2D eigenvalue weighted by molar-refractivity contribution is 6.17. The molecule has 21 aromatic rings. The molecule has 0 aliphatic rings. The molecule has 0 atom stereocenters. The summed E-state index contributed by atoms with van der Waals surface area (Å²) in [5.41, 5.74) is 26.9. The number of para-hydroxylation sites is 4. The number of benzene rings is 10. The van der Waals surface area contributed by atoms with Crippen LogP contribution in [-0.2, 0) is 0 Å². The van der Waals surface area contributed by atoms with Crippen LogP contribution in [0.4, 0.5) is 0 Å². The van der Waals surface area contributed by atoms with Crippen LogP contribution in [0.1, 0.15) is 0 Å². The lowest BCUT2D eigenvalue weighted by Gasteiger charge is -2.11. The van der Waals surface area contributed by atoms with Gasteiger partial charge in [-0.25, -0.2) is 9.97 Å². The molecular weight excluding hydrogens is 1240 g/mol. The van der Waals surface area contributed by atoms with Crippen molar-refractivity contribution in [3.8, 4) is 89.8 Å². The van der Waals surface area contributed by atoms with Crippen molar-refractivity contribution in [2.24, 2.45) is 0 Å². The van der Waals surface area contributed by atoms with Crippen molar-refractivity contribution in [2.75, 3.05) is 0 Å². The average Bonchev–Trinajstić information content (AvgIpc) is 1.61. The molecule has 11 nitrogen and oxygen atoms in total. The van der Waals surface area contributed by atoms with Gasteiger partial charge >= 0.3 is 0 Å². The highest BCUT2D eigenvalue weighted by Gasteiger charge is 2.26. The van der Waals surface area contributed by atoms with Crippen LogP contribution < -0.4 is 0 Å². The summed E-state index contributed by atoms with van der Waals surface area (Å²) in [6, 6.07) is 99.5. The van der Waals surface area contributed by atoms with Crippen LogP contribution in [-0.4, -0.2) is 48.2 Å². The maximum atomic E-state index is 7.59. The molecule has 10 aromatic carbocycles. The third kappa shape index (κ3) is 8.86. The highest BCUT2D eigenvalue weighted by atomic mass is 16.3. The summed E-state index contributed by atoms with van der Waals surface area (Å²) in [5.74, 6) is 0. The van der Waals surface area contributed by atoms with Crippen LogP contribution in [0.3, 0.4) is 0 Å². The second-order valence-electron chi connectivity index (χ2n) is 25.9. The highest BCUT2D eigenvalue weighted by Crippen LogP contribution is 2.46. The van der Waals surface area contributed by atoms with Gasteiger partial charge in [-0.15, -0.1) is 0 Å². The first kappa shape index (κ1) is 56.3. The second kappa shape index (κ2) is 22.3. The zero-order chi connectivity index (χ0) is 66.2. The molecule has 11 heterocycles. The molecule has 0 bridgehead atoms. The molecule has 0 radical (unpaired) electrons. The number of hydrogen-bond donors (Lipinski definition) is 0. The lowest BCUT2D eigenvalue weighted by molar-refractivity contribution is 0.669. The van der Waals surface area contributed by atoms with Crippen molar-refractivity contribution >= 4 is 109 Å². The van der Waals surface area contributed by atoms with Crippen molar-refractivity contribution in [3.63, 3.8) is 0 Å². The Kier molecular flexibility index (Phi) is 12.4. The van der Waals surface area contributed by atoms with E-state index in [4.69, 9.17) is 24.4 Å². The molecule has 0 N–H and O–H groups in total. The Bertz CT molecular complexity index is 6530. The minimum absolute atomic E-state index is 0.626. The van der Waals surface area contributed by atoms with Gasteiger partial charge in [0.05, 0.1) is 55.5 Å². The molecule has 11 aromatic heterocycles. The second-order valence-corrected chi connectivity index (χ2v) is 25.9. The molecule has 0 fully saturated rings. The Morgan fingerprint density at radius 2 is 0.495 bits per heavy atom. The van der Waals surface area contributed by atoms with Gasteiger partial charge < -0.3 is 22.7 Å². The summed E-state index contributed by atoms with van der Waals surface area (Å²) in [6.45, 7) is 0. The Labute approximate surface area is 577 Å². The van der Waals surface area contributed by atoms with E-state index in [1.54, 1.807) is 0 Å². The van der Waals surface area contributed by atoms with Crippen molar-refractivity contribution in [3.05, 3.63) is 329 Å². The van der Waals surface area contributed by atoms with E-state index in [1.807, 2.05) is 49.6 Å². The summed E-state index contributed by atoms with van der Waals surface area (Å²) in [7, 11) is 0. The molecular formula is C90H54N10O. The SMILES string of the molecule is c1ccc(-n2c3ccncc3c3cc(-c4cccc(-c5cc(-c6ccc7c(c6)c6cnccc6n7-c6ccccc6)c6oc7c(-c8ccc9c(c8)c8cnccc8n9-c8ccccc8)cc(-c8cccc(-c9ccc%10c(c9)c9cnccc9n%10-c9ccccc9)c8)nc7c6n5)c4)ccc32)cc1. The van der Waals surface area contributed by atoms with E-state index < -0.39 is 0 Å². The Morgan fingerprint density at radius 3 is 0.822 bits per heavy atom. The molecule has 11 heteroatoms. The van der Waals surface area contributed by atoms with Gasteiger partial charge in [-0.05, 0) is 179 Å². The number of nitrogens with zero attached hydrogens (tertiary/aromatic N) is 10. The van der Waals surface area contributed by atoms with Gasteiger partial charge in [0.1, 0.15) is 11.0 Å². The zero-order valence-electron chi connectivity index (χ0n) is 54.1. The fraction of sp³-hybridized carbons (Fsp3) is 0. The first-order chi connectivity index (χ1) is 50.1. The predicted octanol–water partition coefficient (Wildman–Crippen LogP) is 22.3. The summed E-state index contributed by atoms with van der Waals surface area (Å²) in [4.78, 5) is 30.2. The molecule has 21 rings (SSSR count). The van der Waals surface area contributed by atoms with Gasteiger partial charge in [-0.3, -0.25) is 19.9 Å². The van der Waals surface area contributed by atoms with Crippen LogP contribution in [0, 0.1) is 0 Å². The van der Waals surface area contributed by atoms with Gasteiger partial charge in [0, 0.05) is 138 Å². The van der Waals surface area contributed by atoms with Gasteiger partial charge in [0.15, 0.2) is 11.2 Å². The van der Waals surface area contributed by atoms with Crippen LogP contribution >= 0.6 is 0 Å². The Balaban J connectivity index is 0.800. The van der Waals surface area contributed by atoms with Crippen molar-refractivity contribution in [1.29, 1.82) is 0 Å². The number of rotatable bonds is 10. The van der Waals surface area contributed by atoms with Gasteiger partial charge in [0.2, 0.25) is 0 Å². The van der Waals surface area contributed by atoms with Crippen LogP contribution in [0.15, 0.2) is 333 Å². The smallest absolute Gasteiger partial charge is 0.163 e. The molecule has 0 spiro atoms. The Hall–Kier alpha value is -13.9. The van der Waals surface area contributed by atoms with Crippen molar-refractivity contribution in [2.45, 2.75) is 0 Å². The summed E-state index contributed by atoms with van der Waals surface area (Å²) in [5, 5.41) is 8.63. The van der Waals surface area contributed by atoms with E-state index in [9.17, 15) is 0 Å². The minimum atomic E-state index is 0.626. The molecule has 0 aliphatic carbocycles. The maximum absolute atomic E-state index is 7.59. The normalized spacial score (nSPS) is 12.0. The number of furan rings is 1. The van der Waals surface area contributed by atoms with Crippen LogP contribution in [0.2, 0.25) is 0 Å². The molecule has 0 saturated heterocycles. The number of aromatic nitrogens is 10. The predicted molar refractivity (Wildman–Crippen MR) is 410 cm³/mol. The molecule has 101 heavy (non-hydrogen) atoms. The number of fused-ring (bicyclic) bond motifs is 15. The van der Waals surface area contributed by atoms with Crippen LogP contribution in [0.25, 0.3) is 199 Å². The lowest BCUT2D eigenvalue weighted by Crippen LogP contribution is -1.93. The van der Waals surface area contributed by atoms with Gasteiger partial charge in [-0.1, -0.05) is 133 Å². The van der Waals surface area contributed by atoms with E-state index in [1.165, 1.54) is 0 Å². The monoisotopic (exact) mass is 1290 g/mol. The van der Waals surface area contributed by atoms with E-state index in [-0.39, 0.29) is 0 Å². The third-order valence-electron chi connectivity index (χ3n) is 20.3. The molecule has 0 amide bonds.